The molecule has 6 rings (SSSR count). The summed E-state index contributed by atoms with van der Waals surface area (Å²) in [6, 6.07) is 1.52. The zero-order chi connectivity index (χ0) is 24.5. The Balaban J connectivity index is 1.28. The van der Waals surface area contributed by atoms with Gasteiger partial charge in [-0.05, 0) is 50.2 Å². The number of rotatable bonds is 8. The van der Waals surface area contributed by atoms with Crippen molar-refractivity contribution >= 4 is 17.4 Å². The van der Waals surface area contributed by atoms with Crippen LogP contribution < -0.4 is 10.6 Å². The van der Waals surface area contributed by atoms with E-state index in [1.165, 1.54) is 6.07 Å². The van der Waals surface area contributed by atoms with Crippen molar-refractivity contribution in [2.75, 3.05) is 5.32 Å². The van der Waals surface area contributed by atoms with E-state index in [4.69, 9.17) is 0 Å². The van der Waals surface area contributed by atoms with Crippen LogP contribution >= 0.6 is 0 Å². The first-order valence-electron chi connectivity index (χ1n) is 11.4. The van der Waals surface area contributed by atoms with E-state index in [-0.39, 0.29) is 18.3 Å². The van der Waals surface area contributed by atoms with Crippen LogP contribution in [0.4, 0.5) is 18.9 Å². The van der Waals surface area contributed by atoms with E-state index in [2.05, 4.69) is 35.6 Å². The SMILES string of the molecule is Cc1c(C(=O)C(=O)NC2(c3c[nH]nn3)CC2)c2n(c1CNc1ccnc(C(F)F)c1F)[C@@H]1C[C@@H]1C2. The van der Waals surface area contributed by atoms with E-state index >= 15 is 0 Å². The third kappa shape index (κ3) is 3.41. The number of alkyl halides is 2. The minimum Gasteiger partial charge on any atom is -0.377 e. The first kappa shape index (κ1) is 21.8. The third-order valence-electron chi connectivity index (χ3n) is 7.36. The molecule has 0 spiro atoms. The van der Waals surface area contributed by atoms with Gasteiger partial charge >= 0.3 is 0 Å². The maximum atomic E-state index is 14.5. The van der Waals surface area contributed by atoms with Gasteiger partial charge in [-0.1, -0.05) is 5.21 Å². The van der Waals surface area contributed by atoms with Crippen LogP contribution in [0.3, 0.4) is 0 Å². The van der Waals surface area contributed by atoms with Crippen LogP contribution in [0.2, 0.25) is 0 Å². The molecule has 1 aliphatic heterocycles. The zero-order valence-electron chi connectivity index (χ0n) is 18.7. The lowest BCUT2D eigenvalue weighted by atomic mass is 10.0. The molecule has 3 aromatic heterocycles. The monoisotopic (exact) mass is 485 g/mol. The minimum absolute atomic E-state index is 0.0931. The Hall–Kier alpha value is -3.70. The number of amides is 1. The summed E-state index contributed by atoms with van der Waals surface area (Å²) >= 11 is 0. The number of aromatic amines is 1. The third-order valence-corrected chi connectivity index (χ3v) is 7.36. The molecule has 3 N–H and O–H groups in total. The minimum atomic E-state index is -3.03. The van der Waals surface area contributed by atoms with Crippen LogP contribution in [0.5, 0.6) is 0 Å². The molecule has 0 saturated heterocycles. The molecule has 2 saturated carbocycles. The summed E-state index contributed by atoms with van der Waals surface area (Å²) in [7, 11) is 0. The second-order valence-electron chi connectivity index (χ2n) is 9.47. The molecule has 0 aromatic carbocycles. The number of carbonyl (C=O) groups is 2. The number of H-pyrrole nitrogens is 1. The van der Waals surface area contributed by atoms with Gasteiger partial charge < -0.3 is 15.2 Å². The molecular formula is C23H22F3N7O2. The molecule has 9 nitrogen and oxygen atoms in total. The molecular weight excluding hydrogens is 463 g/mol. The molecule has 0 unspecified atom stereocenters. The van der Waals surface area contributed by atoms with Gasteiger partial charge in [0.1, 0.15) is 11.4 Å². The normalized spacial score (nSPS) is 20.9. The maximum absolute atomic E-state index is 14.5. The number of hydrogen-bond donors (Lipinski definition) is 3. The number of fused-ring (bicyclic) bond motifs is 3. The molecule has 3 aromatic rings. The molecule has 2 aliphatic carbocycles. The van der Waals surface area contributed by atoms with Crippen molar-refractivity contribution in [1.29, 1.82) is 0 Å². The average Bonchev–Trinajstić information content (AvgIpc) is 3.62. The van der Waals surface area contributed by atoms with Crippen molar-refractivity contribution in [2.24, 2.45) is 5.92 Å². The summed E-state index contributed by atoms with van der Waals surface area (Å²) in [6.07, 6.45) is 2.70. The Morgan fingerprint density at radius 3 is 2.83 bits per heavy atom. The highest BCUT2D eigenvalue weighted by atomic mass is 19.3. The number of ketones is 1. The lowest BCUT2D eigenvalue weighted by Gasteiger charge is -2.14. The molecule has 0 radical (unpaired) electrons. The zero-order valence-corrected chi connectivity index (χ0v) is 18.7. The number of anilines is 1. The molecule has 2 atom stereocenters. The van der Waals surface area contributed by atoms with Crippen molar-refractivity contribution in [2.45, 2.75) is 57.2 Å². The topological polar surface area (TPSA) is 118 Å². The van der Waals surface area contributed by atoms with Crippen molar-refractivity contribution in [3.63, 3.8) is 0 Å². The number of pyridine rings is 1. The van der Waals surface area contributed by atoms with Gasteiger partial charge in [-0.3, -0.25) is 19.7 Å². The van der Waals surface area contributed by atoms with E-state index in [0.717, 1.165) is 24.0 Å². The second-order valence-corrected chi connectivity index (χ2v) is 9.47. The summed E-state index contributed by atoms with van der Waals surface area (Å²) in [4.78, 5) is 29.8. The van der Waals surface area contributed by atoms with Gasteiger partial charge in [-0.25, -0.2) is 13.2 Å². The number of nitrogens with zero attached hydrogens (tertiary/aromatic N) is 4. The van der Waals surface area contributed by atoms with Crippen molar-refractivity contribution < 1.29 is 22.8 Å². The predicted octanol–water partition coefficient (Wildman–Crippen LogP) is 3.10. The summed E-state index contributed by atoms with van der Waals surface area (Å²) < 4.78 is 42.6. The smallest absolute Gasteiger partial charge is 0.293 e. The highest BCUT2D eigenvalue weighted by molar-refractivity contribution is 6.43. The highest BCUT2D eigenvalue weighted by Gasteiger charge is 2.51. The van der Waals surface area contributed by atoms with Gasteiger partial charge in [-0.15, -0.1) is 5.10 Å². The Morgan fingerprint density at radius 2 is 2.14 bits per heavy atom. The van der Waals surface area contributed by atoms with E-state index in [1.54, 1.807) is 13.1 Å². The molecule has 182 valence electrons. The van der Waals surface area contributed by atoms with E-state index in [9.17, 15) is 22.8 Å². The first-order chi connectivity index (χ1) is 16.8. The molecule has 35 heavy (non-hydrogen) atoms. The fraction of sp³-hybridized carbons (Fsp3) is 0.435. The van der Waals surface area contributed by atoms with Crippen LogP contribution in [-0.2, 0) is 23.3 Å². The van der Waals surface area contributed by atoms with Crippen molar-refractivity contribution in [3.8, 4) is 0 Å². The summed E-state index contributed by atoms with van der Waals surface area (Å²) in [6.45, 7) is 1.88. The number of carbonyl (C=O) groups excluding carboxylic acids is 2. The van der Waals surface area contributed by atoms with Crippen LogP contribution in [-0.4, -0.2) is 36.7 Å². The predicted molar refractivity (Wildman–Crippen MR) is 116 cm³/mol. The molecule has 0 bridgehead atoms. The molecule has 4 heterocycles. The number of Topliss-reactive ketones (excluding diaryl/α,β-unsaturated/α-hetero) is 1. The Kier molecular flexibility index (Phi) is 4.77. The highest BCUT2D eigenvalue weighted by Crippen LogP contribution is 2.54. The first-order valence-corrected chi connectivity index (χ1v) is 11.4. The fourth-order valence-electron chi connectivity index (χ4n) is 5.28. The van der Waals surface area contributed by atoms with Crippen molar-refractivity contribution in [1.82, 2.24) is 30.3 Å². The molecule has 12 heteroatoms. The Labute approximate surface area is 197 Å². The van der Waals surface area contributed by atoms with Crippen LogP contribution in [0.25, 0.3) is 0 Å². The van der Waals surface area contributed by atoms with Gasteiger partial charge in [0, 0.05) is 29.8 Å². The van der Waals surface area contributed by atoms with Crippen molar-refractivity contribution in [3.05, 3.63) is 58.2 Å². The van der Waals surface area contributed by atoms with Gasteiger partial charge in [0.25, 0.3) is 18.1 Å². The maximum Gasteiger partial charge on any atom is 0.293 e. The fourth-order valence-corrected chi connectivity index (χ4v) is 5.28. The molecule has 2 fully saturated rings. The Bertz CT molecular complexity index is 1350. The van der Waals surface area contributed by atoms with Gasteiger partial charge in [0.2, 0.25) is 0 Å². The molecule has 3 aliphatic rings. The Morgan fingerprint density at radius 1 is 1.34 bits per heavy atom. The largest absolute Gasteiger partial charge is 0.377 e. The number of nitrogens with one attached hydrogen (secondary N) is 3. The summed E-state index contributed by atoms with van der Waals surface area (Å²) in [5, 5.41) is 16.0. The lowest BCUT2D eigenvalue weighted by Crippen LogP contribution is -2.40. The van der Waals surface area contributed by atoms with E-state index in [1.807, 2.05) is 0 Å². The van der Waals surface area contributed by atoms with Crippen LogP contribution in [0.15, 0.2) is 18.5 Å². The number of hydrogen-bond acceptors (Lipinski definition) is 6. The average molecular weight is 485 g/mol. The van der Waals surface area contributed by atoms with Gasteiger partial charge in [0.05, 0.1) is 23.3 Å². The quantitative estimate of drug-likeness (QED) is 0.333. The van der Waals surface area contributed by atoms with Crippen LogP contribution in [0.1, 0.15) is 70.4 Å². The number of halogens is 3. The van der Waals surface area contributed by atoms with E-state index < -0.39 is 35.2 Å². The summed E-state index contributed by atoms with van der Waals surface area (Å²) in [5.74, 6) is -2.02. The van der Waals surface area contributed by atoms with Gasteiger partial charge in [-0.2, -0.15) is 0 Å². The standard InChI is InChI=1S/C23H22F3N7O2/c1-10-15(8-28-12-2-5-27-19(18(12)24)21(25)26)33-13-6-11(13)7-14(33)17(10)20(34)22(35)30-23(3-4-23)16-9-29-32-31-16/h2,5,9,11,13,21H,3-4,6-8H2,1H3,(H,27,28)(H,30,35)(H,29,31,32)/t11-,13-/m1/s1. The number of aromatic nitrogens is 5. The molecule has 1 amide bonds. The summed E-state index contributed by atoms with van der Waals surface area (Å²) in [5.41, 5.74) is 1.45. The van der Waals surface area contributed by atoms with Gasteiger partial charge in [0.15, 0.2) is 5.82 Å². The van der Waals surface area contributed by atoms with E-state index in [0.29, 0.717) is 42.0 Å². The second kappa shape index (κ2) is 7.65. The van der Waals surface area contributed by atoms with Crippen LogP contribution in [0, 0.1) is 18.7 Å². The lowest BCUT2D eigenvalue weighted by molar-refractivity contribution is -0.118.